The number of amides is 1. The number of ether oxygens (including phenoxy) is 2. The first-order chi connectivity index (χ1) is 13.1. The molecule has 0 unspecified atom stereocenters. The third kappa shape index (κ3) is 4.62. The van der Waals surface area contributed by atoms with Gasteiger partial charge in [-0.2, -0.15) is 0 Å². The van der Waals surface area contributed by atoms with Crippen LogP contribution in [0.4, 0.5) is 0 Å². The van der Waals surface area contributed by atoms with Crippen LogP contribution in [0.25, 0.3) is 11.5 Å². The van der Waals surface area contributed by atoms with Crippen molar-refractivity contribution in [2.24, 2.45) is 0 Å². The van der Waals surface area contributed by atoms with Crippen LogP contribution >= 0.6 is 11.8 Å². The molecule has 0 aliphatic heterocycles. The number of furan rings is 1. The summed E-state index contributed by atoms with van der Waals surface area (Å²) in [5.74, 6) is 2.20. The highest BCUT2D eigenvalue weighted by Gasteiger charge is 2.15. The molecule has 0 aliphatic rings. The number of nitrogens with one attached hydrogen (secondary N) is 1. The Morgan fingerprint density at radius 2 is 2.04 bits per heavy atom. The van der Waals surface area contributed by atoms with Crippen molar-refractivity contribution >= 4 is 17.7 Å². The zero-order valence-corrected chi connectivity index (χ0v) is 15.9. The van der Waals surface area contributed by atoms with Crippen LogP contribution in [0.15, 0.2) is 50.7 Å². The van der Waals surface area contributed by atoms with Gasteiger partial charge in [0.2, 0.25) is 11.8 Å². The largest absolute Gasteiger partial charge is 0.493 e. The lowest BCUT2D eigenvalue weighted by atomic mass is 10.2. The van der Waals surface area contributed by atoms with E-state index in [4.69, 9.17) is 18.3 Å². The van der Waals surface area contributed by atoms with Crippen molar-refractivity contribution in [1.82, 2.24) is 15.5 Å². The van der Waals surface area contributed by atoms with Gasteiger partial charge in [0.25, 0.3) is 5.22 Å². The Kier molecular flexibility index (Phi) is 6.02. The minimum Gasteiger partial charge on any atom is -0.493 e. The van der Waals surface area contributed by atoms with Gasteiger partial charge in [-0.25, -0.2) is 0 Å². The van der Waals surface area contributed by atoms with Gasteiger partial charge < -0.3 is 23.6 Å². The molecule has 0 radical (unpaired) electrons. The monoisotopic (exact) mass is 389 g/mol. The average Bonchev–Trinajstić information content (AvgIpc) is 3.37. The maximum Gasteiger partial charge on any atom is 0.277 e. The predicted molar refractivity (Wildman–Crippen MR) is 98.8 cm³/mol. The second-order valence-corrected chi connectivity index (χ2v) is 6.46. The zero-order chi connectivity index (χ0) is 19.2. The quantitative estimate of drug-likeness (QED) is 0.586. The maximum atomic E-state index is 12.1. The van der Waals surface area contributed by atoms with Crippen LogP contribution in [-0.4, -0.2) is 36.1 Å². The Labute approximate surface area is 160 Å². The van der Waals surface area contributed by atoms with E-state index in [0.29, 0.717) is 33.9 Å². The van der Waals surface area contributed by atoms with Gasteiger partial charge in [0.1, 0.15) is 5.76 Å². The van der Waals surface area contributed by atoms with E-state index < -0.39 is 0 Å². The van der Waals surface area contributed by atoms with Gasteiger partial charge in [0.15, 0.2) is 11.5 Å². The summed E-state index contributed by atoms with van der Waals surface area (Å²) >= 11 is 1.16. The van der Waals surface area contributed by atoms with Gasteiger partial charge in [0.05, 0.1) is 32.3 Å². The molecule has 2 heterocycles. The number of hydrogen-bond acceptors (Lipinski definition) is 8. The highest BCUT2D eigenvalue weighted by atomic mass is 32.2. The second kappa shape index (κ2) is 8.63. The Hall–Kier alpha value is -2.94. The summed E-state index contributed by atoms with van der Waals surface area (Å²) in [6, 6.07) is 8.68. The highest BCUT2D eigenvalue weighted by Crippen LogP contribution is 2.32. The summed E-state index contributed by atoms with van der Waals surface area (Å²) in [7, 11) is 3.12. The topological polar surface area (TPSA) is 99.6 Å². The first kappa shape index (κ1) is 18.8. The summed E-state index contributed by atoms with van der Waals surface area (Å²) in [5, 5.41) is 11.1. The van der Waals surface area contributed by atoms with Crippen LogP contribution in [0.5, 0.6) is 11.5 Å². The molecular weight excluding hydrogens is 370 g/mol. The molecule has 9 heteroatoms. The number of carbonyl (C=O) groups is 1. The summed E-state index contributed by atoms with van der Waals surface area (Å²) in [5.41, 5.74) is 0.697. The van der Waals surface area contributed by atoms with Gasteiger partial charge in [0, 0.05) is 5.56 Å². The number of methoxy groups -OCH3 is 2. The number of benzene rings is 1. The number of hydrogen-bond donors (Lipinski definition) is 1. The average molecular weight is 389 g/mol. The number of carbonyl (C=O) groups excluding carboxylic acids is 1. The first-order valence-electron chi connectivity index (χ1n) is 8.12. The van der Waals surface area contributed by atoms with Gasteiger partial charge in [-0.05, 0) is 37.3 Å². The van der Waals surface area contributed by atoms with E-state index in [2.05, 4.69) is 15.5 Å². The fourth-order valence-electron chi connectivity index (χ4n) is 2.37. The van der Waals surface area contributed by atoms with Crippen molar-refractivity contribution in [1.29, 1.82) is 0 Å². The lowest BCUT2D eigenvalue weighted by molar-refractivity contribution is -0.119. The summed E-state index contributed by atoms with van der Waals surface area (Å²) in [6.07, 6.45) is 1.57. The molecule has 142 valence electrons. The minimum absolute atomic E-state index is 0.151. The minimum atomic E-state index is -0.210. The molecule has 3 aromatic rings. The molecule has 1 amide bonds. The standard InChI is InChI=1S/C18H19N3O5S/c1-11(13-5-4-8-25-13)19-16(22)10-27-18-21-20-17(26-18)12-6-7-14(23-2)15(9-12)24-3/h4-9,11H,10H2,1-3H3,(H,19,22)/t11-/m1/s1. The van der Waals surface area contributed by atoms with Crippen LogP contribution < -0.4 is 14.8 Å². The second-order valence-electron chi connectivity index (χ2n) is 5.54. The lowest BCUT2D eigenvalue weighted by Gasteiger charge is -2.10. The van der Waals surface area contributed by atoms with Gasteiger partial charge in [-0.3, -0.25) is 4.79 Å². The molecule has 8 nitrogen and oxygen atoms in total. The molecular formula is C18H19N3O5S. The molecule has 0 bridgehead atoms. The van der Waals surface area contributed by atoms with E-state index in [-0.39, 0.29) is 17.7 Å². The van der Waals surface area contributed by atoms with Gasteiger partial charge >= 0.3 is 0 Å². The number of aromatic nitrogens is 2. The van der Waals surface area contributed by atoms with Crippen LogP contribution in [0, 0.1) is 0 Å². The van der Waals surface area contributed by atoms with Crippen molar-refractivity contribution in [2.75, 3.05) is 20.0 Å². The maximum absolute atomic E-state index is 12.1. The van der Waals surface area contributed by atoms with Crippen molar-refractivity contribution < 1.29 is 23.1 Å². The Morgan fingerprint density at radius 1 is 1.22 bits per heavy atom. The summed E-state index contributed by atoms with van der Waals surface area (Å²) in [4.78, 5) is 12.1. The number of rotatable bonds is 8. The molecule has 0 fully saturated rings. The molecule has 0 aliphatic carbocycles. The van der Waals surface area contributed by atoms with Crippen molar-refractivity contribution in [3.05, 3.63) is 42.4 Å². The molecule has 27 heavy (non-hydrogen) atoms. The van der Waals surface area contributed by atoms with Gasteiger partial charge in [-0.15, -0.1) is 10.2 Å². The van der Waals surface area contributed by atoms with Crippen molar-refractivity contribution in [2.45, 2.75) is 18.2 Å². The first-order valence-corrected chi connectivity index (χ1v) is 9.10. The van der Waals surface area contributed by atoms with Crippen LogP contribution in [0.2, 0.25) is 0 Å². The molecule has 0 spiro atoms. The molecule has 0 saturated carbocycles. The van der Waals surface area contributed by atoms with Crippen molar-refractivity contribution in [3.63, 3.8) is 0 Å². The Morgan fingerprint density at radius 3 is 2.74 bits per heavy atom. The number of thioether (sulfide) groups is 1. The third-order valence-corrected chi connectivity index (χ3v) is 4.53. The van der Waals surface area contributed by atoms with E-state index in [1.54, 1.807) is 44.7 Å². The Bertz CT molecular complexity index is 894. The molecule has 2 aromatic heterocycles. The normalized spacial score (nSPS) is 11.8. The van der Waals surface area contributed by atoms with E-state index >= 15 is 0 Å². The fourth-order valence-corrected chi connectivity index (χ4v) is 2.95. The van der Waals surface area contributed by atoms with E-state index in [0.717, 1.165) is 11.8 Å². The summed E-state index contributed by atoms with van der Waals surface area (Å²) < 4.78 is 21.4. The van der Waals surface area contributed by atoms with Gasteiger partial charge in [-0.1, -0.05) is 11.8 Å². The lowest BCUT2D eigenvalue weighted by Crippen LogP contribution is -2.27. The van der Waals surface area contributed by atoms with E-state index in [1.807, 2.05) is 13.0 Å². The molecule has 0 saturated heterocycles. The molecule has 1 aromatic carbocycles. The van der Waals surface area contributed by atoms with Crippen LogP contribution in [-0.2, 0) is 4.79 Å². The molecule has 1 N–H and O–H groups in total. The number of nitrogens with zero attached hydrogens (tertiary/aromatic N) is 2. The van der Waals surface area contributed by atoms with E-state index in [1.165, 1.54) is 0 Å². The fraction of sp³-hybridized carbons (Fsp3) is 0.278. The predicted octanol–water partition coefficient (Wildman–Crippen LogP) is 3.32. The SMILES string of the molecule is COc1ccc(-c2nnc(SCC(=O)N[C@H](C)c3ccco3)o2)cc1OC. The highest BCUT2D eigenvalue weighted by molar-refractivity contribution is 7.99. The van der Waals surface area contributed by atoms with Crippen LogP contribution in [0.3, 0.4) is 0 Å². The smallest absolute Gasteiger partial charge is 0.277 e. The molecule has 3 rings (SSSR count). The van der Waals surface area contributed by atoms with Crippen LogP contribution in [0.1, 0.15) is 18.7 Å². The Balaban J connectivity index is 1.59. The zero-order valence-electron chi connectivity index (χ0n) is 15.1. The third-order valence-electron chi connectivity index (χ3n) is 3.71. The molecule has 1 atom stereocenters. The van der Waals surface area contributed by atoms with Crippen molar-refractivity contribution in [3.8, 4) is 23.0 Å². The van der Waals surface area contributed by atoms with E-state index in [9.17, 15) is 4.79 Å². The summed E-state index contributed by atoms with van der Waals surface area (Å²) in [6.45, 7) is 1.85.